The third-order valence-electron chi connectivity index (χ3n) is 2.93. The summed E-state index contributed by atoms with van der Waals surface area (Å²) in [6, 6.07) is 13.1. The molecule has 3 aromatic rings. The molecule has 6 heteroatoms. The third-order valence-corrected chi connectivity index (χ3v) is 2.93. The molecule has 0 saturated carbocycles. The van der Waals surface area contributed by atoms with Gasteiger partial charge in [0.05, 0.1) is 16.0 Å². The van der Waals surface area contributed by atoms with Crippen LogP contribution in [0.2, 0.25) is 0 Å². The smallest absolute Gasteiger partial charge is 0.274 e. The topological polar surface area (TPSA) is 88.9 Å². The summed E-state index contributed by atoms with van der Waals surface area (Å²) in [5, 5.41) is 10.8. The number of aromatic nitrogens is 2. The first kappa shape index (κ1) is 12.0. The average molecular weight is 267 g/mol. The van der Waals surface area contributed by atoms with Gasteiger partial charge in [0.15, 0.2) is 0 Å². The number of hydrogen-bond donors (Lipinski definition) is 1. The van der Waals surface area contributed by atoms with Gasteiger partial charge in [0.25, 0.3) is 11.2 Å². The second kappa shape index (κ2) is 4.58. The minimum atomic E-state index is -0.492. The van der Waals surface area contributed by atoms with E-state index in [0.29, 0.717) is 16.6 Å². The van der Waals surface area contributed by atoms with Gasteiger partial charge in [0.1, 0.15) is 5.69 Å². The zero-order valence-corrected chi connectivity index (χ0v) is 10.2. The molecule has 1 aromatic heterocycles. The number of fused-ring (bicyclic) bond motifs is 1. The number of hydrogen-bond acceptors (Lipinski definition) is 4. The maximum Gasteiger partial charge on any atom is 0.274 e. The average Bonchev–Trinajstić information content (AvgIpc) is 2.47. The molecule has 0 amide bonds. The maximum absolute atomic E-state index is 12.0. The number of benzene rings is 2. The highest BCUT2D eigenvalue weighted by molar-refractivity contribution is 5.79. The monoisotopic (exact) mass is 267 g/mol. The van der Waals surface area contributed by atoms with Gasteiger partial charge in [-0.15, -0.1) is 0 Å². The lowest BCUT2D eigenvalue weighted by Crippen LogP contribution is -2.11. The van der Waals surface area contributed by atoms with Gasteiger partial charge < -0.3 is 4.98 Å². The highest BCUT2D eigenvalue weighted by atomic mass is 16.6. The minimum Gasteiger partial charge on any atom is -0.319 e. The summed E-state index contributed by atoms with van der Waals surface area (Å²) in [5.74, 6) is 0. The van der Waals surface area contributed by atoms with Crippen molar-refractivity contribution in [1.29, 1.82) is 0 Å². The van der Waals surface area contributed by atoms with Gasteiger partial charge in [-0.2, -0.15) is 0 Å². The molecule has 6 nitrogen and oxygen atoms in total. The summed E-state index contributed by atoms with van der Waals surface area (Å²) in [5.41, 5.74) is 1.40. The molecule has 0 radical (unpaired) electrons. The van der Waals surface area contributed by atoms with Crippen LogP contribution in [0.4, 0.5) is 5.69 Å². The van der Waals surface area contributed by atoms with Crippen LogP contribution in [0.5, 0.6) is 0 Å². The first-order valence-corrected chi connectivity index (χ1v) is 5.89. The molecular formula is C14H9N3O3. The molecule has 0 fully saturated rings. The zero-order chi connectivity index (χ0) is 14.1. The van der Waals surface area contributed by atoms with Crippen molar-refractivity contribution in [2.75, 3.05) is 0 Å². The van der Waals surface area contributed by atoms with Gasteiger partial charge in [-0.25, -0.2) is 4.98 Å². The van der Waals surface area contributed by atoms with Crippen LogP contribution in [0.15, 0.2) is 53.3 Å². The van der Waals surface area contributed by atoms with Gasteiger partial charge in [-0.05, 0) is 6.07 Å². The predicted molar refractivity (Wildman–Crippen MR) is 74.5 cm³/mol. The molecule has 0 aliphatic heterocycles. The van der Waals surface area contributed by atoms with Crippen molar-refractivity contribution in [3.05, 3.63) is 69.0 Å². The standard InChI is InChI=1S/C14H9N3O3/c18-14-13(9-4-2-1-3-5-9)15-12-8-10(17(19)20)6-7-11(12)16-14/h1-8H,(H,16,18). The molecule has 0 saturated heterocycles. The molecule has 2 aromatic carbocycles. The van der Waals surface area contributed by atoms with Crippen LogP contribution in [-0.2, 0) is 0 Å². The Hall–Kier alpha value is -3.02. The van der Waals surface area contributed by atoms with Crippen molar-refractivity contribution in [2.24, 2.45) is 0 Å². The summed E-state index contributed by atoms with van der Waals surface area (Å²) >= 11 is 0. The predicted octanol–water partition coefficient (Wildman–Crippen LogP) is 2.50. The van der Waals surface area contributed by atoms with Crippen LogP contribution in [0.3, 0.4) is 0 Å². The molecule has 0 bridgehead atoms. The highest BCUT2D eigenvalue weighted by Gasteiger charge is 2.11. The quantitative estimate of drug-likeness (QED) is 0.570. The van der Waals surface area contributed by atoms with Crippen LogP contribution in [0.1, 0.15) is 0 Å². The molecule has 1 heterocycles. The fourth-order valence-corrected chi connectivity index (χ4v) is 1.98. The lowest BCUT2D eigenvalue weighted by atomic mass is 10.1. The molecule has 98 valence electrons. The number of aromatic amines is 1. The lowest BCUT2D eigenvalue weighted by Gasteiger charge is -2.02. The van der Waals surface area contributed by atoms with E-state index in [2.05, 4.69) is 9.97 Å². The number of nitro groups is 1. The van der Waals surface area contributed by atoms with E-state index in [0.717, 1.165) is 0 Å². The van der Waals surface area contributed by atoms with Crippen molar-refractivity contribution in [3.8, 4) is 11.3 Å². The van der Waals surface area contributed by atoms with E-state index in [1.54, 1.807) is 24.3 Å². The van der Waals surface area contributed by atoms with E-state index in [-0.39, 0.29) is 16.9 Å². The Bertz CT molecular complexity index is 856. The Morgan fingerprint density at radius 3 is 2.55 bits per heavy atom. The van der Waals surface area contributed by atoms with E-state index in [4.69, 9.17) is 0 Å². The van der Waals surface area contributed by atoms with Crippen LogP contribution in [0.25, 0.3) is 22.3 Å². The first-order valence-electron chi connectivity index (χ1n) is 5.89. The van der Waals surface area contributed by atoms with Crippen molar-refractivity contribution in [3.63, 3.8) is 0 Å². The van der Waals surface area contributed by atoms with Gasteiger partial charge in [-0.3, -0.25) is 14.9 Å². The van der Waals surface area contributed by atoms with E-state index in [9.17, 15) is 14.9 Å². The normalized spacial score (nSPS) is 10.6. The highest BCUT2D eigenvalue weighted by Crippen LogP contribution is 2.19. The Morgan fingerprint density at radius 2 is 1.85 bits per heavy atom. The number of H-pyrrole nitrogens is 1. The van der Waals surface area contributed by atoms with Crippen molar-refractivity contribution < 1.29 is 4.92 Å². The van der Waals surface area contributed by atoms with Crippen LogP contribution >= 0.6 is 0 Å². The number of nitrogens with zero attached hydrogens (tertiary/aromatic N) is 2. The molecule has 0 spiro atoms. The van der Waals surface area contributed by atoms with E-state index < -0.39 is 4.92 Å². The van der Waals surface area contributed by atoms with Gasteiger partial charge in [0.2, 0.25) is 0 Å². The summed E-state index contributed by atoms with van der Waals surface area (Å²) < 4.78 is 0. The summed E-state index contributed by atoms with van der Waals surface area (Å²) in [4.78, 5) is 29.2. The molecule has 3 rings (SSSR count). The van der Waals surface area contributed by atoms with Gasteiger partial charge in [0, 0.05) is 17.7 Å². The molecule has 1 N–H and O–H groups in total. The number of rotatable bonds is 2. The Labute approximate surface area is 112 Å². The lowest BCUT2D eigenvalue weighted by molar-refractivity contribution is -0.384. The van der Waals surface area contributed by atoms with Crippen LogP contribution < -0.4 is 5.56 Å². The zero-order valence-electron chi connectivity index (χ0n) is 10.2. The summed E-state index contributed by atoms with van der Waals surface area (Å²) in [6.07, 6.45) is 0. The van der Waals surface area contributed by atoms with Crippen molar-refractivity contribution >= 4 is 16.7 Å². The second-order valence-electron chi connectivity index (χ2n) is 4.24. The fourth-order valence-electron chi connectivity index (χ4n) is 1.98. The van der Waals surface area contributed by atoms with Crippen LogP contribution in [-0.4, -0.2) is 14.9 Å². The summed E-state index contributed by atoms with van der Waals surface area (Å²) in [6.45, 7) is 0. The van der Waals surface area contributed by atoms with Gasteiger partial charge in [-0.1, -0.05) is 30.3 Å². The molecule has 20 heavy (non-hydrogen) atoms. The molecular weight excluding hydrogens is 258 g/mol. The largest absolute Gasteiger partial charge is 0.319 e. The summed E-state index contributed by atoms with van der Waals surface area (Å²) in [7, 11) is 0. The van der Waals surface area contributed by atoms with Gasteiger partial charge >= 0.3 is 0 Å². The van der Waals surface area contributed by atoms with Crippen molar-refractivity contribution in [2.45, 2.75) is 0 Å². The third kappa shape index (κ3) is 2.03. The Balaban J connectivity index is 2.26. The first-order chi connectivity index (χ1) is 9.65. The SMILES string of the molecule is O=c1[nH]c2ccc([N+](=O)[O-])cc2nc1-c1ccccc1. The molecule has 0 aliphatic rings. The second-order valence-corrected chi connectivity index (χ2v) is 4.24. The molecule has 0 unspecified atom stereocenters. The number of non-ortho nitro benzene ring substituents is 1. The Morgan fingerprint density at radius 1 is 1.10 bits per heavy atom. The molecule has 0 aliphatic carbocycles. The van der Waals surface area contributed by atoms with E-state index >= 15 is 0 Å². The number of nitrogens with one attached hydrogen (secondary N) is 1. The van der Waals surface area contributed by atoms with E-state index in [1.807, 2.05) is 6.07 Å². The van der Waals surface area contributed by atoms with Crippen molar-refractivity contribution in [1.82, 2.24) is 9.97 Å². The Kier molecular flexibility index (Phi) is 2.76. The van der Waals surface area contributed by atoms with E-state index in [1.165, 1.54) is 18.2 Å². The number of nitro benzene ring substituents is 1. The fraction of sp³-hybridized carbons (Fsp3) is 0. The maximum atomic E-state index is 12.0. The molecule has 0 atom stereocenters. The van der Waals surface area contributed by atoms with Crippen LogP contribution in [0, 0.1) is 10.1 Å². The minimum absolute atomic E-state index is 0.0592.